The summed E-state index contributed by atoms with van der Waals surface area (Å²) in [6.45, 7) is 0.269. The van der Waals surface area contributed by atoms with Gasteiger partial charge in [-0.05, 0) is 86.1 Å². The van der Waals surface area contributed by atoms with E-state index >= 15 is 0 Å². The highest BCUT2D eigenvalue weighted by atomic mass is 127. The molecule has 3 aromatic carbocycles. The number of nitrogens with one attached hydrogen (secondary N) is 1. The number of carbonyl (C=O) groups excluding carboxylic acids is 1. The van der Waals surface area contributed by atoms with Crippen LogP contribution < -0.4 is 10.2 Å². The maximum atomic E-state index is 12.1. The molecule has 32 heavy (non-hydrogen) atoms. The first-order valence-electron chi connectivity index (χ1n) is 9.26. The fraction of sp³-hybridized carbons (Fsp3) is 0.0909. The molecule has 2 N–H and O–H groups in total. The fourth-order valence-electron chi connectivity index (χ4n) is 2.68. The number of carbonyl (C=O) groups is 1. The van der Waals surface area contributed by atoms with Gasteiger partial charge in [0.15, 0.2) is 6.10 Å². The molecule has 0 aliphatic heterocycles. The lowest BCUT2D eigenvalue weighted by Crippen LogP contribution is -2.25. The number of hydrazone groups is 1. The van der Waals surface area contributed by atoms with Gasteiger partial charge in [-0.15, -0.1) is 0 Å². The second-order valence-corrected chi connectivity index (χ2v) is 8.90. The molecule has 3 rings (SSSR count). The van der Waals surface area contributed by atoms with E-state index in [2.05, 4.69) is 55.7 Å². The summed E-state index contributed by atoms with van der Waals surface area (Å²) in [5, 5.41) is 24.7. The monoisotopic (exact) mass is 657 g/mol. The van der Waals surface area contributed by atoms with Crippen LogP contribution in [0.15, 0.2) is 71.8 Å². The second-order valence-electron chi connectivity index (χ2n) is 6.57. The van der Waals surface area contributed by atoms with Gasteiger partial charge in [0.2, 0.25) is 0 Å². The number of halogens is 2. The van der Waals surface area contributed by atoms with Crippen molar-refractivity contribution in [2.24, 2.45) is 5.10 Å². The van der Waals surface area contributed by atoms with E-state index in [1.807, 2.05) is 12.1 Å². The third-order valence-electron chi connectivity index (χ3n) is 4.30. The largest absolute Gasteiger partial charge is 0.487 e. The van der Waals surface area contributed by atoms with Gasteiger partial charge in [-0.25, -0.2) is 5.43 Å². The van der Waals surface area contributed by atoms with E-state index in [4.69, 9.17) is 4.74 Å². The van der Waals surface area contributed by atoms with Gasteiger partial charge in [0.1, 0.15) is 12.4 Å². The minimum absolute atomic E-state index is 0.0323. The van der Waals surface area contributed by atoms with E-state index in [1.165, 1.54) is 18.3 Å². The van der Waals surface area contributed by atoms with Gasteiger partial charge in [0.25, 0.3) is 11.6 Å². The van der Waals surface area contributed by atoms with Crippen molar-refractivity contribution in [3.63, 3.8) is 0 Å². The average Bonchev–Trinajstić information content (AvgIpc) is 2.78. The number of hydrogen-bond acceptors (Lipinski definition) is 6. The molecule has 1 atom stereocenters. The van der Waals surface area contributed by atoms with Crippen molar-refractivity contribution in [2.45, 2.75) is 12.7 Å². The zero-order chi connectivity index (χ0) is 23.1. The van der Waals surface area contributed by atoms with Gasteiger partial charge in [-0.3, -0.25) is 14.9 Å². The summed E-state index contributed by atoms with van der Waals surface area (Å²) in [6, 6.07) is 18.5. The highest BCUT2D eigenvalue weighted by molar-refractivity contribution is 14.1. The SMILES string of the molecule is O=C(N/N=C\c1cc(I)c(OCc2ccc([N+](=O)[O-])cc2)c(I)c1)[C@@H](O)c1ccccc1. The lowest BCUT2D eigenvalue weighted by Gasteiger charge is -2.11. The van der Waals surface area contributed by atoms with Gasteiger partial charge in [-0.1, -0.05) is 30.3 Å². The topological polar surface area (TPSA) is 114 Å². The molecular formula is C22H17I2N3O5. The van der Waals surface area contributed by atoms with Gasteiger partial charge in [-0.2, -0.15) is 5.10 Å². The number of hydrogen-bond donors (Lipinski definition) is 2. The van der Waals surface area contributed by atoms with Crippen molar-refractivity contribution in [3.8, 4) is 5.75 Å². The predicted octanol–water partition coefficient (Wildman–Crippen LogP) is 4.57. The summed E-state index contributed by atoms with van der Waals surface area (Å²) in [4.78, 5) is 22.4. The van der Waals surface area contributed by atoms with E-state index in [9.17, 15) is 20.0 Å². The zero-order valence-corrected chi connectivity index (χ0v) is 20.8. The molecule has 8 nitrogen and oxygen atoms in total. The Morgan fingerprint density at radius 3 is 2.34 bits per heavy atom. The molecule has 0 radical (unpaired) electrons. The Labute approximate surface area is 211 Å². The molecule has 0 aliphatic rings. The van der Waals surface area contributed by atoms with Crippen LogP contribution in [0.25, 0.3) is 0 Å². The third kappa shape index (κ3) is 6.46. The molecule has 0 saturated heterocycles. The number of ether oxygens (including phenoxy) is 1. The highest BCUT2D eigenvalue weighted by Crippen LogP contribution is 2.29. The standard InChI is InChI=1S/C22H17I2N3O5/c23-18-10-15(12-25-26-22(29)20(28)16-4-2-1-3-5-16)11-19(24)21(18)32-13-14-6-8-17(9-7-14)27(30)31/h1-12,20,28H,13H2,(H,26,29)/b25-12-/t20-/m0/s1. The number of nitro groups is 1. The first-order valence-corrected chi connectivity index (χ1v) is 11.4. The Balaban J connectivity index is 1.61. The normalized spacial score (nSPS) is 11.8. The van der Waals surface area contributed by atoms with Crippen LogP contribution >= 0.6 is 45.2 Å². The number of amides is 1. The number of non-ortho nitro benzene ring substituents is 1. The molecule has 0 fully saturated rings. The smallest absolute Gasteiger partial charge is 0.273 e. The number of rotatable bonds is 8. The van der Waals surface area contributed by atoms with E-state index in [0.717, 1.165) is 18.3 Å². The van der Waals surface area contributed by atoms with Crippen molar-refractivity contribution < 1.29 is 19.6 Å². The van der Waals surface area contributed by atoms with Crippen LogP contribution in [0, 0.1) is 17.3 Å². The Hall–Kier alpha value is -2.58. The Morgan fingerprint density at radius 1 is 1.12 bits per heavy atom. The lowest BCUT2D eigenvalue weighted by molar-refractivity contribution is -0.384. The molecule has 0 spiro atoms. The van der Waals surface area contributed by atoms with Crippen molar-refractivity contribution in [1.82, 2.24) is 5.43 Å². The minimum Gasteiger partial charge on any atom is -0.487 e. The summed E-state index contributed by atoms with van der Waals surface area (Å²) in [7, 11) is 0. The number of nitro benzene ring substituents is 1. The van der Waals surface area contributed by atoms with Gasteiger partial charge in [0.05, 0.1) is 18.3 Å². The van der Waals surface area contributed by atoms with Gasteiger partial charge >= 0.3 is 0 Å². The zero-order valence-electron chi connectivity index (χ0n) is 16.4. The molecule has 3 aromatic rings. The molecule has 0 bridgehead atoms. The predicted molar refractivity (Wildman–Crippen MR) is 136 cm³/mol. The van der Waals surface area contributed by atoms with Crippen LogP contribution in [0.5, 0.6) is 5.75 Å². The first-order chi connectivity index (χ1) is 15.3. The quantitative estimate of drug-likeness (QED) is 0.160. The summed E-state index contributed by atoms with van der Waals surface area (Å²) in [6.07, 6.45) is 0.184. The van der Waals surface area contributed by atoms with Crippen LogP contribution in [0.1, 0.15) is 22.8 Å². The Morgan fingerprint density at radius 2 is 1.75 bits per heavy atom. The van der Waals surface area contributed by atoms with Crippen LogP contribution in [0.2, 0.25) is 0 Å². The van der Waals surface area contributed by atoms with Crippen LogP contribution in [0.3, 0.4) is 0 Å². The lowest BCUT2D eigenvalue weighted by atomic mass is 10.1. The third-order valence-corrected chi connectivity index (χ3v) is 5.91. The molecule has 1 amide bonds. The molecule has 0 saturated carbocycles. The molecular weight excluding hydrogens is 640 g/mol. The number of nitrogens with zero attached hydrogens (tertiary/aromatic N) is 2. The maximum Gasteiger partial charge on any atom is 0.273 e. The van der Waals surface area contributed by atoms with Crippen LogP contribution in [-0.4, -0.2) is 22.2 Å². The average molecular weight is 657 g/mol. The van der Waals surface area contributed by atoms with E-state index in [1.54, 1.807) is 42.5 Å². The van der Waals surface area contributed by atoms with Crippen molar-refractivity contribution in [1.29, 1.82) is 0 Å². The highest BCUT2D eigenvalue weighted by Gasteiger charge is 2.16. The molecule has 0 unspecified atom stereocenters. The van der Waals surface area contributed by atoms with Crippen molar-refractivity contribution in [2.75, 3.05) is 0 Å². The fourth-order valence-corrected chi connectivity index (χ4v) is 4.81. The summed E-state index contributed by atoms with van der Waals surface area (Å²) in [5.41, 5.74) is 4.41. The number of aliphatic hydroxyl groups is 1. The molecule has 10 heteroatoms. The maximum absolute atomic E-state index is 12.1. The van der Waals surface area contributed by atoms with Crippen molar-refractivity contribution >= 4 is 63.0 Å². The first kappa shape index (κ1) is 24.1. The molecule has 0 heterocycles. The van der Waals surface area contributed by atoms with Gasteiger partial charge < -0.3 is 9.84 Å². The number of benzene rings is 3. The molecule has 0 aliphatic carbocycles. The minimum atomic E-state index is -1.30. The summed E-state index contributed by atoms with van der Waals surface area (Å²) in [5.74, 6) is 0.0603. The molecule has 0 aromatic heterocycles. The van der Waals surface area contributed by atoms with E-state index < -0.39 is 16.9 Å². The second kappa shape index (κ2) is 11.3. The molecule has 164 valence electrons. The van der Waals surface area contributed by atoms with E-state index in [-0.39, 0.29) is 12.3 Å². The number of aliphatic hydroxyl groups excluding tert-OH is 1. The van der Waals surface area contributed by atoms with Crippen molar-refractivity contribution in [3.05, 3.63) is 101 Å². The summed E-state index contributed by atoms with van der Waals surface area (Å²) >= 11 is 4.29. The van der Waals surface area contributed by atoms with E-state index in [0.29, 0.717) is 11.3 Å². The summed E-state index contributed by atoms with van der Waals surface area (Å²) < 4.78 is 7.58. The van der Waals surface area contributed by atoms with Gasteiger partial charge in [0, 0.05) is 12.1 Å². The van der Waals surface area contributed by atoms with Crippen LogP contribution in [-0.2, 0) is 11.4 Å². The van der Waals surface area contributed by atoms with Crippen LogP contribution in [0.4, 0.5) is 5.69 Å². The Kier molecular flexibility index (Phi) is 8.53. The Bertz CT molecular complexity index is 1120.